The van der Waals surface area contributed by atoms with Gasteiger partial charge < -0.3 is 28.9 Å². The molecule has 0 amide bonds. The molecule has 0 saturated carbocycles. The number of benzene rings is 2. The number of hydrogen-bond donors (Lipinski definition) is 2. The van der Waals surface area contributed by atoms with E-state index in [4.69, 9.17) is 18.9 Å². The molecule has 0 aliphatic rings. The van der Waals surface area contributed by atoms with Gasteiger partial charge in [-0.05, 0) is 86.3 Å². The second-order valence-electron chi connectivity index (χ2n) is 17.0. The molecule has 0 aliphatic heterocycles. The van der Waals surface area contributed by atoms with Crippen molar-refractivity contribution in [1.29, 1.82) is 0 Å². The van der Waals surface area contributed by atoms with Crippen molar-refractivity contribution >= 4 is 11.6 Å². The third kappa shape index (κ3) is 18.1. The van der Waals surface area contributed by atoms with Crippen LogP contribution in [0.25, 0.3) is 11.4 Å². The van der Waals surface area contributed by atoms with Gasteiger partial charge in [-0.2, -0.15) is 0 Å². The molecule has 2 N–H and O–H groups in total. The van der Waals surface area contributed by atoms with Gasteiger partial charge in [-0.1, -0.05) is 156 Å². The van der Waals surface area contributed by atoms with Crippen LogP contribution in [-0.2, 0) is 0 Å². The lowest BCUT2D eigenvalue weighted by Gasteiger charge is -2.14. The number of aromatic amines is 2. The first-order chi connectivity index (χ1) is 30.5. The Morgan fingerprint density at radius 2 is 0.645 bits per heavy atom. The Morgan fingerprint density at radius 1 is 0.355 bits per heavy atom. The van der Waals surface area contributed by atoms with Gasteiger partial charge in [0.25, 0.3) is 0 Å². The highest BCUT2D eigenvalue weighted by molar-refractivity contribution is 6.09. The molecule has 4 aromatic rings. The molecule has 2 aromatic carbocycles. The summed E-state index contributed by atoms with van der Waals surface area (Å²) in [6.45, 7) is 11.4. The third-order valence-corrected chi connectivity index (χ3v) is 11.6. The molecule has 0 aliphatic carbocycles. The maximum Gasteiger partial charge on any atom is 0.209 e. The third-order valence-electron chi connectivity index (χ3n) is 11.6. The number of hydrogen-bond acceptors (Lipinski definition) is 6. The van der Waals surface area contributed by atoms with Gasteiger partial charge in [0.2, 0.25) is 11.6 Å². The van der Waals surface area contributed by atoms with Crippen LogP contribution >= 0.6 is 0 Å². The van der Waals surface area contributed by atoms with Gasteiger partial charge in [-0.3, -0.25) is 9.59 Å². The first-order valence-corrected chi connectivity index (χ1v) is 24.8. The van der Waals surface area contributed by atoms with Crippen LogP contribution in [-0.4, -0.2) is 48.0 Å². The fourth-order valence-electron chi connectivity index (χ4n) is 7.70. The number of ketones is 2. The molecule has 0 saturated heterocycles. The molecule has 0 atom stereocenters. The van der Waals surface area contributed by atoms with Gasteiger partial charge in [0.1, 0.15) is 0 Å². The van der Waals surface area contributed by atoms with E-state index in [9.17, 15) is 9.59 Å². The Balaban J connectivity index is 1.41. The van der Waals surface area contributed by atoms with E-state index in [0.29, 0.717) is 83.3 Å². The van der Waals surface area contributed by atoms with Crippen LogP contribution in [0.15, 0.2) is 60.7 Å². The van der Waals surface area contributed by atoms with Crippen molar-refractivity contribution < 1.29 is 28.5 Å². The molecule has 62 heavy (non-hydrogen) atoms. The van der Waals surface area contributed by atoms with E-state index in [2.05, 4.69) is 37.7 Å². The molecule has 8 nitrogen and oxygen atoms in total. The van der Waals surface area contributed by atoms with Crippen LogP contribution < -0.4 is 18.9 Å². The topological polar surface area (TPSA) is 103 Å². The number of H-pyrrole nitrogens is 2. The monoisotopic (exact) mass is 853 g/mol. The van der Waals surface area contributed by atoms with Crippen molar-refractivity contribution in [3.63, 3.8) is 0 Å². The van der Waals surface area contributed by atoms with Crippen LogP contribution in [0, 0.1) is 0 Å². The molecule has 8 heteroatoms. The molecule has 0 unspecified atom stereocenters. The molecule has 0 radical (unpaired) electrons. The van der Waals surface area contributed by atoms with E-state index in [1.54, 1.807) is 12.1 Å². The van der Waals surface area contributed by atoms with Gasteiger partial charge in [0.15, 0.2) is 23.0 Å². The molecular formula is C54H80N2O6. The standard InChI is InChI=1S/C54H80N2O6/c1-5-9-13-17-21-25-37-59-49-35-29-43(41-51(49)61-39-27-23-19-15-11-7-3)53(57)47-33-31-45(55-47)46-32-34-48(56-46)54(58)44-30-36-50(60-38-26-22-18-14-10-6-2)52(42-44)62-40-28-24-20-16-12-8-4/h29-36,41-42,55-56H,5-28,37-40H2,1-4H3. The Morgan fingerprint density at radius 3 is 0.968 bits per heavy atom. The van der Waals surface area contributed by atoms with Crippen LogP contribution in [0.4, 0.5) is 0 Å². The lowest BCUT2D eigenvalue weighted by molar-refractivity contribution is 0.102. The van der Waals surface area contributed by atoms with Gasteiger partial charge in [0, 0.05) is 11.1 Å². The highest BCUT2D eigenvalue weighted by Crippen LogP contribution is 2.32. The maximum atomic E-state index is 13.9. The normalized spacial score (nSPS) is 11.2. The van der Waals surface area contributed by atoms with Crippen LogP contribution in [0.5, 0.6) is 23.0 Å². The zero-order valence-electron chi connectivity index (χ0n) is 39.0. The van der Waals surface area contributed by atoms with Gasteiger partial charge >= 0.3 is 0 Å². The molecule has 4 rings (SSSR count). The zero-order chi connectivity index (χ0) is 44.0. The summed E-state index contributed by atoms with van der Waals surface area (Å²) in [7, 11) is 0. The fraction of sp³-hybridized carbons (Fsp3) is 0.593. The first-order valence-electron chi connectivity index (χ1n) is 24.8. The molecule has 342 valence electrons. The zero-order valence-corrected chi connectivity index (χ0v) is 39.0. The van der Waals surface area contributed by atoms with Crippen molar-refractivity contribution in [2.45, 2.75) is 182 Å². The van der Waals surface area contributed by atoms with Crippen LogP contribution in [0.1, 0.15) is 214 Å². The van der Waals surface area contributed by atoms with Crippen molar-refractivity contribution in [3.05, 3.63) is 83.2 Å². The second kappa shape index (κ2) is 30.6. The summed E-state index contributed by atoms with van der Waals surface area (Å²) < 4.78 is 24.9. The highest BCUT2D eigenvalue weighted by atomic mass is 16.5. The summed E-state index contributed by atoms with van der Waals surface area (Å²) in [6, 6.07) is 18.3. The number of carbonyl (C=O) groups is 2. The van der Waals surface area contributed by atoms with Crippen LogP contribution in [0.2, 0.25) is 0 Å². The van der Waals surface area contributed by atoms with E-state index in [1.807, 2.05) is 48.5 Å². The molecular weight excluding hydrogens is 773 g/mol. The minimum atomic E-state index is -0.140. The Bertz CT molecular complexity index is 1690. The summed E-state index contributed by atoms with van der Waals surface area (Å²) in [5, 5.41) is 0. The van der Waals surface area contributed by atoms with Crippen molar-refractivity contribution in [2.24, 2.45) is 0 Å². The highest BCUT2D eigenvalue weighted by Gasteiger charge is 2.19. The predicted molar refractivity (Wildman–Crippen MR) is 256 cm³/mol. The van der Waals surface area contributed by atoms with Crippen molar-refractivity contribution in [1.82, 2.24) is 9.97 Å². The minimum absolute atomic E-state index is 0.140. The number of aromatic nitrogens is 2. The number of rotatable bonds is 37. The summed E-state index contributed by atoms with van der Waals surface area (Å²) in [6.07, 6.45) is 28.4. The first kappa shape index (κ1) is 50.2. The van der Waals surface area contributed by atoms with Gasteiger partial charge in [-0.25, -0.2) is 0 Å². The number of unbranched alkanes of at least 4 members (excludes halogenated alkanes) is 20. The predicted octanol–water partition coefficient (Wildman–Crippen LogP) is 15.4. The Hall–Kier alpha value is -4.46. The molecule has 0 fully saturated rings. The maximum absolute atomic E-state index is 13.9. The fourth-order valence-corrected chi connectivity index (χ4v) is 7.70. The quantitative estimate of drug-likeness (QED) is 0.0346. The van der Waals surface area contributed by atoms with Crippen LogP contribution in [0.3, 0.4) is 0 Å². The number of carbonyl (C=O) groups excluding carboxylic acids is 2. The Labute approximate surface area is 374 Å². The average molecular weight is 853 g/mol. The summed E-state index contributed by atoms with van der Waals surface area (Å²) >= 11 is 0. The molecule has 2 heterocycles. The second-order valence-corrected chi connectivity index (χ2v) is 17.0. The summed E-state index contributed by atoms with van der Waals surface area (Å²) in [5.74, 6) is 2.31. The lowest BCUT2D eigenvalue weighted by Crippen LogP contribution is -2.06. The van der Waals surface area contributed by atoms with E-state index < -0.39 is 0 Å². The number of ether oxygens (including phenoxy) is 4. The van der Waals surface area contributed by atoms with E-state index in [-0.39, 0.29) is 11.6 Å². The summed E-state index contributed by atoms with van der Waals surface area (Å²) in [4.78, 5) is 34.3. The molecule has 2 aromatic heterocycles. The van der Waals surface area contributed by atoms with E-state index in [0.717, 1.165) is 51.4 Å². The van der Waals surface area contributed by atoms with Crippen molar-refractivity contribution in [2.75, 3.05) is 26.4 Å². The van der Waals surface area contributed by atoms with E-state index in [1.165, 1.54) is 103 Å². The summed E-state index contributed by atoms with van der Waals surface area (Å²) in [5.41, 5.74) is 3.39. The average Bonchev–Trinajstić information content (AvgIpc) is 3.99. The molecule has 0 spiro atoms. The largest absolute Gasteiger partial charge is 0.490 e. The van der Waals surface area contributed by atoms with E-state index >= 15 is 0 Å². The SMILES string of the molecule is CCCCCCCCOc1ccc(C(=O)c2ccc(-c3ccc(C(=O)c4ccc(OCCCCCCCC)c(OCCCCCCCC)c4)[nH]3)[nH]2)cc1OCCCCCCCC. The minimum Gasteiger partial charge on any atom is -0.490 e. The van der Waals surface area contributed by atoms with Gasteiger partial charge in [-0.15, -0.1) is 0 Å². The lowest BCUT2D eigenvalue weighted by atomic mass is 10.1. The van der Waals surface area contributed by atoms with Crippen molar-refractivity contribution in [3.8, 4) is 34.4 Å². The van der Waals surface area contributed by atoms with Gasteiger partial charge in [0.05, 0.1) is 49.2 Å². The molecule has 0 bridgehead atoms. The smallest absolute Gasteiger partial charge is 0.209 e. The number of nitrogens with one attached hydrogen (secondary N) is 2. The Kier molecular flexibility index (Phi) is 24.7.